The van der Waals surface area contributed by atoms with E-state index in [1.807, 2.05) is 0 Å². The van der Waals surface area contributed by atoms with Crippen LogP contribution in [0.3, 0.4) is 0 Å². The molecular weight excluding hydrogens is 198 g/mol. The van der Waals surface area contributed by atoms with Gasteiger partial charge in [-0.25, -0.2) is 0 Å². The normalized spacial score (nSPS) is 18.3. The van der Waals surface area contributed by atoms with Crippen LogP contribution in [-0.2, 0) is 14.7 Å². The highest BCUT2D eigenvalue weighted by Crippen LogP contribution is 2.09. The standard InChI is InChI=1S/C5H7ClF2O4/c6-1-3(10)5(12-8)4(2-9)11-7/h2-5,10H,1H2/t3-,4+,5-/m1/s1. The van der Waals surface area contributed by atoms with Gasteiger partial charge in [0, 0.05) is 0 Å². The van der Waals surface area contributed by atoms with Gasteiger partial charge in [-0.15, -0.1) is 11.6 Å². The van der Waals surface area contributed by atoms with Gasteiger partial charge in [0.05, 0.1) is 5.88 Å². The van der Waals surface area contributed by atoms with Gasteiger partial charge in [0.1, 0.15) is 6.10 Å². The summed E-state index contributed by atoms with van der Waals surface area (Å²) in [5.74, 6) is -0.401. The van der Waals surface area contributed by atoms with Crippen molar-refractivity contribution >= 4 is 17.9 Å². The van der Waals surface area contributed by atoms with E-state index in [9.17, 15) is 13.8 Å². The van der Waals surface area contributed by atoms with Crippen molar-refractivity contribution in [3.05, 3.63) is 0 Å². The Bertz CT molecular complexity index is 137. The summed E-state index contributed by atoms with van der Waals surface area (Å²) in [4.78, 5) is 16.1. The van der Waals surface area contributed by atoms with Crippen molar-refractivity contribution in [2.75, 3.05) is 5.88 Å². The topological polar surface area (TPSA) is 55.8 Å². The lowest BCUT2D eigenvalue weighted by atomic mass is 10.1. The van der Waals surface area contributed by atoms with E-state index in [1.54, 1.807) is 0 Å². The van der Waals surface area contributed by atoms with Gasteiger partial charge in [0.2, 0.25) is 0 Å². The van der Waals surface area contributed by atoms with Crippen molar-refractivity contribution < 1.29 is 28.8 Å². The Kier molecular flexibility index (Phi) is 6.09. The molecule has 0 unspecified atom stereocenters. The van der Waals surface area contributed by atoms with Gasteiger partial charge in [-0.3, -0.25) is 0 Å². The second-order valence-electron chi connectivity index (χ2n) is 1.97. The van der Waals surface area contributed by atoms with Crippen LogP contribution in [0.25, 0.3) is 0 Å². The van der Waals surface area contributed by atoms with E-state index in [0.29, 0.717) is 0 Å². The number of aliphatic hydroxyl groups excluding tert-OH is 1. The number of carbonyl (C=O) groups excluding carboxylic acids is 1. The summed E-state index contributed by atoms with van der Waals surface area (Å²) in [6.45, 7) is 0. The summed E-state index contributed by atoms with van der Waals surface area (Å²) in [7, 11) is 0. The lowest BCUT2D eigenvalue weighted by Gasteiger charge is -2.18. The van der Waals surface area contributed by atoms with Gasteiger partial charge < -0.3 is 9.90 Å². The molecule has 0 aliphatic heterocycles. The van der Waals surface area contributed by atoms with E-state index in [2.05, 4.69) is 9.88 Å². The molecule has 0 radical (unpaired) electrons. The lowest BCUT2D eigenvalue weighted by Crippen LogP contribution is -2.40. The minimum atomic E-state index is -1.82. The Morgan fingerprint density at radius 1 is 1.50 bits per heavy atom. The van der Waals surface area contributed by atoms with Crippen LogP contribution in [0, 0.1) is 0 Å². The van der Waals surface area contributed by atoms with Crippen molar-refractivity contribution in [3.8, 4) is 0 Å². The van der Waals surface area contributed by atoms with Crippen LogP contribution in [0.4, 0.5) is 9.05 Å². The first-order valence-corrected chi connectivity index (χ1v) is 3.48. The number of carbonyl (C=O) groups is 1. The molecule has 0 spiro atoms. The molecule has 7 heteroatoms. The second-order valence-corrected chi connectivity index (χ2v) is 2.27. The molecule has 0 aromatic carbocycles. The molecule has 0 bridgehead atoms. The Balaban J connectivity index is 4.19. The third-order valence-corrected chi connectivity index (χ3v) is 1.52. The summed E-state index contributed by atoms with van der Waals surface area (Å²) < 4.78 is 23.1. The molecule has 0 aromatic rings. The molecule has 0 saturated heterocycles. The summed E-state index contributed by atoms with van der Waals surface area (Å²) >= 11 is 5.09. The average Bonchev–Trinajstić information content (AvgIpc) is 2.12. The fraction of sp³-hybridized carbons (Fsp3) is 0.800. The lowest BCUT2D eigenvalue weighted by molar-refractivity contribution is -0.275. The molecule has 4 nitrogen and oxygen atoms in total. The van der Waals surface area contributed by atoms with Crippen LogP contribution in [0.5, 0.6) is 0 Å². The first kappa shape index (κ1) is 11.7. The molecule has 0 fully saturated rings. The fourth-order valence-electron chi connectivity index (χ4n) is 0.566. The van der Waals surface area contributed by atoms with Crippen LogP contribution in [0.2, 0.25) is 0 Å². The van der Waals surface area contributed by atoms with Gasteiger partial charge in [-0.05, 0) is 9.05 Å². The Hall–Kier alpha value is -0.300. The van der Waals surface area contributed by atoms with E-state index in [1.165, 1.54) is 0 Å². The summed E-state index contributed by atoms with van der Waals surface area (Å²) in [6, 6.07) is 0. The highest BCUT2D eigenvalue weighted by molar-refractivity contribution is 6.18. The number of rotatable bonds is 6. The molecule has 0 aliphatic rings. The molecule has 12 heavy (non-hydrogen) atoms. The summed E-state index contributed by atoms with van der Waals surface area (Å²) in [5.41, 5.74) is 0. The monoisotopic (exact) mass is 204 g/mol. The summed E-state index contributed by atoms with van der Waals surface area (Å²) in [6.07, 6.45) is -5.11. The maximum absolute atomic E-state index is 11.6. The van der Waals surface area contributed by atoms with Crippen molar-refractivity contribution in [2.45, 2.75) is 18.3 Å². The van der Waals surface area contributed by atoms with E-state index >= 15 is 0 Å². The predicted octanol–water partition coefficient (Wildman–Crippen LogP) is 0.324. The Labute approximate surface area is 71.8 Å². The van der Waals surface area contributed by atoms with Crippen LogP contribution in [-0.4, -0.2) is 35.6 Å². The molecule has 0 saturated carbocycles. The fourth-order valence-corrected chi connectivity index (χ4v) is 0.742. The highest BCUT2D eigenvalue weighted by atomic mass is 35.5. The molecule has 0 heterocycles. The molecular formula is C5H7ClF2O4. The van der Waals surface area contributed by atoms with E-state index in [-0.39, 0.29) is 6.29 Å². The van der Waals surface area contributed by atoms with Crippen molar-refractivity contribution in [3.63, 3.8) is 0 Å². The van der Waals surface area contributed by atoms with Crippen LogP contribution < -0.4 is 0 Å². The van der Waals surface area contributed by atoms with Gasteiger partial charge in [0.25, 0.3) is 0 Å². The minimum Gasteiger partial charge on any atom is -0.389 e. The van der Waals surface area contributed by atoms with Crippen molar-refractivity contribution in [1.29, 1.82) is 0 Å². The zero-order valence-electron chi connectivity index (χ0n) is 5.82. The maximum Gasteiger partial charge on any atom is 0.185 e. The first-order valence-electron chi connectivity index (χ1n) is 2.95. The smallest absolute Gasteiger partial charge is 0.185 e. The third-order valence-electron chi connectivity index (χ3n) is 1.20. The minimum absolute atomic E-state index is 0.0417. The number of hydrogen-bond donors (Lipinski definition) is 1. The Morgan fingerprint density at radius 2 is 2.08 bits per heavy atom. The van der Waals surface area contributed by atoms with Gasteiger partial charge in [0.15, 0.2) is 18.5 Å². The molecule has 0 aliphatic carbocycles. The maximum atomic E-state index is 11.6. The molecule has 1 N–H and O–H groups in total. The van der Waals surface area contributed by atoms with Crippen molar-refractivity contribution in [1.82, 2.24) is 0 Å². The van der Waals surface area contributed by atoms with Crippen LogP contribution in [0.15, 0.2) is 0 Å². The molecule has 0 rings (SSSR count). The second kappa shape index (κ2) is 6.24. The predicted molar refractivity (Wildman–Crippen MR) is 34.8 cm³/mol. The first-order chi connectivity index (χ1) is 5.71. The number of aldehydes is 1. The Morgan fingerprint density at radius 3 is 2.33 bits per heavy atom. The van der Waals surface area contributed by atoms with Gasteiger partial charge in [-0.1, -0.05) is 0 Å². The zero-order chi connectivity index (χ0) is 9.56. The number of hydrogen-bond acceptors (Lipinski definition) is 4. The van der Waals surface area contributed by atoms with Crippen molar-refractivity contribution in [2.24, 2.45) is 0 Å². The SMILES string of the molecule is O=C[C@H](OF)[C@H](OF)[C@H](O)CCl. The average molecular weight is 205 g/mol. The number of alkyl halides is 1. The van der Waals surface area contributed by atoms with Crippen LogP contribution in [0.1, 0.15) is 0 Å². The molecule has 0 amide bonds. The van der Waals surface area contributed by atoms with Crippen LogP contribution >= 0.6 is 11.6 Å². The van der Waals surface area contributed by atoms with E-state index in [4.69, 9.17) is 16.7 Å². The van der Waals surface area contributed by atoms with Gasteiger partial charge >= 0.3 is 0 Å². The zero-order valence-corrected chi connectivity index (χ0v) is 6.58. The number of aliphatic hydroxyl groups is 1. The van der Waals surface area contributed by atoms with Gasteiger partial charge in [-0.2, -0.15) is 9.88 Å². The van der Waals surface area contributed by atoms with E-state index < -0.39 is 24.2 Å². The molecule has 72 valence electrons. The third kappa shape index (κ3) is 2.98. The summed E-state index contributed by atoms with van der Waals surface area (Å²) in [5, 5.41) is 8.85. The molecule has 3 atom stereocenters. The largest absolute Gasteiger partial charge is 0.389 e. The molecule has 0 aromatic heterocycles. The quantitative estimate of drug-likeness (QED) is 0.500. The van der Waals surface area contributed by atoms with E-state index in [0.717, 1.165) is 0 Å². The number of halogens is 3. The highest BCUT2D eigenvalue weighted by Gasteiger charge is 2.31.